The Kier molecular flexibility index (Phi) is 4.85. The van der Waals surface area contributed by atoms with E-state index in [-0.39, 0.29) is 11.8 Å². The van der Waals surface area contributed by atoms with Gasteiger partial charge in [-0.1, -0.05) is 25.0 Å². The Labute approximate surface area is 154 Å². The maximum atomic E-state index is 12.7. The van der Waals surface area contributed by atoms with E-state index in [1.807, 2.05) is 23.1 Å². The highest BCUT2D eigenvalue weighted by Crippen LogP contribution is 2.33. The van der Waals surface area contributed by atoms with Crippen molar-refractivity contribution in [2.75, 3.05) is 32.7 Å². The number of fused-ring (bicyclic) bond motifs is 1. The molecular formula is C20H27N3O3. The predicted molar refractivity (Wildman–Crippen MR) is 98.0 cm³/mol. The molecule has 3 aliphatic heterocycles. The van der Waals surface area contributed by atoms with E-state index in [1.54, 1.807) is 6.07 Å². The first-order chi connectivity index (χ1) is 12.7. The molecule has 6 nitrogen and oxygen atoms in total. The molecular weight excluding hydrogens is 330 g/mol. The maximum Gasteiger partial charge on any atom is 0.258 e. The standard InChI is InChI=1S/C20H27N3O3/c24-18(15-22-11-5-1-2-6-12-22)23-13-9-20(10-14-23)21-19(25)16-7-3-4-8-17(16)26-20/h3-4,7-8H,1-2,5-6,9-15H2,(H,21,25). The van der Waals surface area contributed by atoms with Crippen LogP contribution >= 0.6 is 0 Å². The van der Waals surface area contributed by atoms with Gasteiger partial charge in [0.2, 0.25) is 5.91 Å². The fraction of sp³-hybridized carbons (Fsp3) is 0.600. The first-order valence-electron chi connectivity index (χ1n) is 9.76. The van der Waals surface area contributed by atoms with Gasteiger partial charge in [-0.05, 0) is 38.1 Å². The number of benzene rings is 1. The molecule has 0 unspecified atom stereocenters. The van der Waals surface area contributed by atoms with Crippen molar-refractivity contribution in [3.63, 3.8) is 0 Å². The summed E-state index contributed by atoms with van der Waals surface area (Å²) in [6.07, 6.45) is 6.17. The molecule has 3 aliphatic rings. The second-order valence-electron chi connectivity index (χ2n) is 7.62. The van der Waals surface area contributed by atoms with Crippen LogP contribution in [0.15, 0.2) is 24.3 Å². The molecule has 6 heteroatoms. The van der Waals surface area contributed by atoms with E-state index in [1.165, 1.54) is 25.7 Å². The molecule has 3 heterocycles. The Morgan fingerprint density at radius 1 is 1.04 bits per heavy atom. The number of rotatable bonds is 2. The number of nitrogens with one attached hydrogen (secondary N) is 1. The van der Waals surface area contributed by atoms with Crippen LogP contribution in [0.5, 0.6) is 5.75 Å². The van der Waals surface area contributed by atoms with Gasteiger partial charge in [-0.15, -0.1) is 0 Å². The average Bonchev–Trinajstić information content (AvgIpc) is 2.91. The van der Waals surface area contributed by atoms with E-state index in [9.17, 15) is 9.59 Å². The molecule has 1 aromatic rings. The molecule has 0 atom stereocenters. The van der Waals surface area contributed by atoms with Crippen molar-refractivity contribution < 1.29 is 14.3 Å². The number of carbonyl (C=O) groups is 2. The van der Waals surface area contributed by atoms with E-state index < -0.39 is 5.72 Å². The van der Waals surface area contributed by atoms with Gasteiger partial charge in [0.15, 0.2) is 5.72 Å². The quantitative estimate of drug-likeness (QED) is 0.879. The van der Waals surface area contributed by atoms with Crippen LogP contribution in [0.25, 0.3) is 0 Å². The van der Waals surface area contributed by atoms with Gasteiger partial charge in [0.05, 0.1) is 12.1 Å². The molecule has 1 spiro atoms. The van der Waals surface area contributed by atoms with Crippen molar-refractivity contribution in [2.24, 2.45) is 0 Å². The lowest BCUT2D eigenvalue weighted by molar-refractivity contribution is -0.136. The minimum Gasteiger partial charge on any atom is -0.467 e. The van der Waals surface area contributed by atoms with Crippen LogP contribution in [0.3, 0.4) is 0 Å². The first kappa shape index (κ1) is 17.3. The topological polar surface area (TPSA) is 61.9 Å². The van der Waals surface area contributed by atoms with Crippen LogP contribution < -0.4 is 10.1 Å². The molecule has 0 aliphatic carbocycles. The third-order valence-electron chi connectivity index (χ3n) is 5.76. The lowest BCUT2D eigenvalue weighted by Crippen LogP contribution is -2.62. The molecule has 140 valence electrons. The lowest BCUT2D eigenvalue weighted by atomic mass is 9.97. The fourth-order valence-electron chi connectivity index (χ4n) is 4.18. The highest BCUT2D eigenvalue weighted by atomic mass is 16.5. The third kappa shape index (κ3) is 3.56. The third-order valence-corrected chi connectivity index (χ3v) is 5.76. The Balaban J connectivity index is 1.35. The zero-order valence-corrected chi connectivity index (χ0v) is 15.2. The number of carbonyl (C=O) groups excluding carboxylic acids is 2. The highest BCUT2D eigenvalue weighted by Gasteiger charge is 2.43. The van der Waals surface area contributed by atoms with Crippen molar-refractivity contribution in [1.29, 1.82) is 0 Å². The van der Waals surface area contributed by atoms with Crippen molar-refractivity contribution in [3.8, 4) is 5.75 Å². The average molecular weight is 357 g/mol. The van der Waals surface area contributed by atoms with Crippen LogP contribution in [0, 0.1) is 0 Å². The van der Waals surface area contributed by atoms with Crippen molar-refractivity contribution in [2.45, 2.75) is 44.2 Å². The molecule has 0 aromatic heterocycles. The van der Waals surface area contributed by atoms with Crippen LogP contribution in [-0.4, -0.2) is 60.1 Å². The molecule has 0 bridgehead atoms. The predicted octanol–water partition coefficient (Wildman–Crippen LogP) is 2.00. The second kappa shape index (κ2) is 7.27. The number of piperidine rings is 1. The Bertz CT molecular complexity index is 675. The van der Waals surface area contributed by atoms with Gasteiger partial charge < -0.3 is 15.0 Å². The Morgan fingerprint density at radius 2 is 1.73 bits per heavy atom. The molecule has 1 aromatic carbocycles. The normalized spacial score (nSPS) is 22.9. The van der Waals surface area contributed by atoms with E-state index in [4.69, 9.17) is 4.74 Å². The summed E-state index contributed by atoms with van der Waals surface area (Å²) in [5.41, 5.74) is -0.0945. The summed E-state index contributed by atoms with van der Waals surface area (Å²) in [5.74, 6) is 0.751. The summed E-state index contributed by atoms with van der Waals surface area (Å²) in [6.45, 7) is 3.81. The first-order valence-corrected chi connectivity index (χ1v) is 9.76. The molecule has 2 fully saturated rings. The summed E-state index contributed by atoms with van der Waals surface area (Å²) in [6, 6.07) is 7.33. The highest BCUT2D eigenvalue weighted by molar-refractivity contribution is 5.98. The fourth-order valence-corrected chi connectivity index (χ4v) is 4.18. The Morgan fingerprint density at radius 3 is 2.46 bits per heavy atom. The monoisotopic (exact) mass is 357 g/mol. The number of ether oxygens (including phenoxy) is 1. The van der Waals surface area contributed by atoms with Crippen LogP contribution in [-0.2, 0) is 4.79 Å². The van der Waals surface area contributed by atoms with Gasteiger partial charge in [-0.25, -0.2) is 0 Å². The van der Waals surface area contributed by atoms with Crippen molar-refractivity contribution >= 4 is 11.8 Å². The molecule has 4 rings (SSSR count). The van der Waals surface area contributed by atoms with E-state index >= 15 is 0 Å². The van der Waals surface area contributed by atoms with E-state index in [0.29, 0.717) is 43.8 Å². The number of hydrogen-bond acceptors (Lipinski definition) is 4. The molecule has 0 radical (unpaired) electrons. The lowest BCUT2D eigenvalue weighted by Gasteiger charge is -2.44. The van der Waals surface area contributed by atoms with Gasteiger partial charge in [0.25, 0.3) is 5.91 Å². The molecule has 2 amide bonds. The molecule has 0 saturated carbocycles. The minimum absolute atomic E-state index is 0.0869. The summed E-state index contributed by atoms with van der Waals surface area (Å²) >= 11 is 0. The van der Waals surface area contributed by atoms with Gasteiger partial charge in [0.1, 0.15) is 5.75 Å². The van der Waals surface area contributed by atoms with Crippen LogP contribution in [0.2, 0.25) is 0 Å². The van der Waals surface area contributed by atoms with Crippen molar-refractivity contribution in [3.05, 3.63) is 29.8 Å². The van der Waals surface area contributed by atoms with Crippen LogP contribution in [0.1, 0.15) is 48.9 Å². The summed E-state index contributed by atoms with van der Waals surface area (Å²) in [5, 5.41) is 3.03. The van der Waals surface area contributed by atoms with Gasteiger partial charge in [-0.3, -0.25) is 14.5 Å². The largest absolute Gasteiger partial charge is 0.467 e. The summed E-state index contributed by atoms with van der Waals surface area (Å²) in [7, 11) is 0. The van der Waals surface area contributed by atoms with Crippen molar-refractivity contribution in [1.82, 2.24) is 15.1 Å². The van der Waals surface area contributed by atoms with Crippen LogP contribution in [0.4, 0.5) is 0 Å². The zero-order valence-electron chi connectivity index (χ0n) is 15.2. The number of para-hydroxylation sites is 1. The zero-order chi connectivity index (χ0) is 18.0. The van der Waals surface area contributed by atoms with Gasteiger partial charge >= 0.3 is 0 Å². The maximum absolute atomic E-state index is 12.7. The molecule has 2 saturated heterocycles. The number of likely N-dealkylation sites (tertiary alicyclic amines) is 2. The number of hydrogen-bond donors (Lipinski definition) is 1. The molecule has 26 heavy (non-hydrogen) atoms. The SMILES string of the molecule is O=C1NC2(CCN(C(=O)CN3CCCCCC3)CC2)Oc2ccccc21. The summed E-state index contributed by atoms with van der Waals surface area (Å²) < 4.78 is 6.15. The van der Waals surface area contributed by atoms with E-state index in [0.717, 1.165) is 13.1 Å². The van der Waals surface area contributed by atoms with E-state index in [2.05, 4.69) is 10.2 Å². The number of nitrogens with zero attached hydrogens (tertiary/aromatic N) is 2. The smallest absolute Gasteiger partial charge is 0.258 e. The number of amides is 2. The molecule has 1 N–H and O–H groups in total. The Hall–Kier alpha value is -2.08. The van der Waals surface area contributed by atoms with Gasteiger partial charge in [-0.2, -0.15) is 0 Å². The second-order valence-corrected chi connectivity index (χ2v) is 7.62. The summed E-state index contributed by atoms with van der Waals surface area (Å²) in [4.78, 5) is 29.3. The van der Waals surface area contributed by atoms with Gasteiger partial charge in [0, 0.05) is 25.9 Å². The minimum atomic E-state index is -0.676.